The number of amides is 1. The van der Waals surface area contributed by atoms with Crippen molar-refractivity contribution in [2.45, 2.75) is 19.4 Å². The molecular weight excluding hydrogens is 422 g/mol. The van der Waals surface area contributed by atoms with E-state index in [0.717, 1.165) is 29.9 Å². The Labute approximate surface area is 199 Å². The number of ether oxygens (including phenoxy) is 1. The standard InChI is InChI=1S/C29H27N3O2/c33-29(23-14-16-26(17-15-23)32-18-5-6-19-32)31-30-20-24-9-2-4-13-28(24)34-21-25-11-7-10-22-8-1-3-12-27(22)25/h1-4,7-17,20H,5-6,18-19,21H2,(H,31,33)/b30-20-. The topological polar surface area (TPSA) is 53.9 Å². The van der Waals surface area contributed by atoms with Crippen LogP contribution >= 0.6 is 0 Å². The lowest BCUT2D eigenvalue weighted by Gasteiger charge is -2.17. The van der Waals surface area contributed by atoms with Gasteiger partial charge in [-0.15, -0.1) is 0 Å². The third kappa shape index (κ3) is 4.94. The van der Waals surface area contributed by atoms with Crippen LogP contribution in [0.3, 0.4) is 0 Å². The number of fused-ring (bicyclic) bond motifs is 1. The van der Waals surface area contributed by atoms with Crippen LogP contribution in [0.25, 0.3) is 10.8 Å². The first-order valence-electron chi connectivity index (χ1n) is 11.6. The molecule has 0 bridgehead atoms. The molecule has 0 aliphatic carbocycles. The Morgan fingerprint density at radius 1 is 0.882 bits per heavy atom. The number of anilines is 1. The lowest BCUT2D eigenvalue weighted by molar-refractivity contribution is 0.0955. The Bertz CT molecular complexity index is 1300. The second-order valence-electron chi connectivity index (χ2n) is 8.40. The highest BCUT2D eigenvalue weighted by atomic mass is 16.5. The van der Waals surface area contributed by atoms with Crippen LogP contribution in [0.15, 0.2) is 96.1 Å². The van der Waals surface area contributed by atoms with E-state index in [1.54, 1.807) is 6.21 Å². The molecule has 5 nitrogen and oxygen atoms in total. The summed E-state index contributed by atoms with van der Waals surface area (Å²) in [5, 5.41) is 6.54. The zero-order valence-electron chi connectivity index (χ0n) is 19.0. The monoisotopic (exact) mass is 449 g/mol. The molecule has 4 aromatic rings. The molecule has 34 heavy (non-hydrogen) atoms. The van der Waals surface area contributed by atoms with Crippen LogP contribution in [0.1, 0.15) is 34.3 Å². The fraction of sp³-hybridized carbons (Fsp3) is 0.172. The molecule has 1 aliphatic rings. The highest BCUT2D eigenvalue weighted by molar-refractivity contribution is 5.95. The molecule has 1 saturated heterocycles. The van der Waals surface area contributed by atoms with Gasteiger partial charge >= 0.3 is 0 Å². The summed E-state index contributed by atoms with van der Waals surface area (Å²) >= 11 is 0. The summed E-state index contributed by atoms with van der Waals surface area (Å²) in [6.45, 7) is 2.61. The smallest absolute Gasteiger partial charge is 0.271 e. The number of hydrogen-bond donors (Lipinski definition) is 1. The van der Waals surface area contributed by atoms with E-state index >= 15 is 0 Å². The van der Waals surface area contributed by atoms with Crippen LogP contribution in [-0.4, -0.2) is 25.2 Å². The molecule has 5 heteroatoms. The summed E-state index contributed by atoms with van der Waals surface area (Å²) in [6.07, 6.45) is 4.07. The Kier molecular flexibility index (Phi) is 6.52. The van der Waals surface area contributed by atoms with Crippen LogP contribution in [0, 0.1) is 0 Å². The first kappa shape index (κ1) is 21.7. The van der Waals surface area contributed by atoms with Crippen LogP contribution in [0.5, 0.6) is 5.75 Å². The molecule has 1 heterocycles. The number of carbonyl (C=O) groups is 1. The molecule has 170 valence electrons. The number of carbonyl (C=O) groups excluding carboxylic acids is 1. The average Bonchev–Trinajstić information content (AvgIpc) is 3.43. The van der Waals surface area contributed by atoms with Gasteiger partial charge in [0.2, 0.25) is 0 Å². The summed E-state index contributed by atoms with van der Waals surface area (Å²) in [5.74, 6) is 0.474. The molecule has 0 atom stereocenters. The third-order valence-corrected chi connectivity index (χ3v) is 6.15. The molecule has 0 saturated carbocycles. The second-order valence-corrected chi connectivity index (χ2v) is 8.40. The summed E-state index contributed by atoms with van der Waals surface area (Å²) in [5.41, 5.74) is 6.29. The molecule has 1 aliphatic heterocycles. The van der Waals surface area contributed by atoms with E-state index in [1.807, 2.05) is 66.7 Å². The first-order chi connectivity index (χ1) is 16.8. The molecular formula is C29H27N3O2. The van der Waals surface area contributed by atoms with Gasteiger partial charge in [-0.3, -0.25) is 4.79 Å². The van der Waals surface area contributed by atoms with Gasteiger partial charge in [0.15, 0.2) is 0 Å². The van der Waals surface area contributed by atoms with Crippen molar-refractivity contribution in [3.8, 4) is 5.75 Å². The van der Waals surface area contributed by atoms with E-state index < -0.39 is 0 Å². The van der Waals surface area contributed by atoms with Crippen LogP contribution < -0.4 is 15.1 Å². The molecule has 1 amide bonds. The Morgan fingerprint density at radius 2 is 1.62 bits per heavy atom. The summed E-state index contributed by atoms with van der Waals surface area (Å²) in [7, 11) is 0. The van der Waals surface area contributed by atoms with Crippen molar-refractivity contribution >= 4 is 28.6 Å². The van der Waals surface area contributed by atoms with Gasteiger partial charge in [-0.25, -0.2) is 5.43 Å². The first-order valence-corrected chi connectivity index (χ1v) is 11.6. The van der Waals surface area contributed by atoms with Crippen molar-refractivity contribution in [2.24, 2.45) is 5.10 Å². The average molecular weight is 450 g/mol. The summed E-state index contributed by atoms with van der Waals surface area (Å²) < 4.78 is 6.13. The van der Waals surface area contributed by atoms with E-state index in [1.165, 1.54) is 23.6 Å². The predicted octanol–water partition coefficient (Wildman–Crippen LogP) is 5.78. The zero-order chi connectivity index (χ0) is 23.2. The number of nitrogens with zero attached hydrogens (tertiary/aromatic N) is 2. The normalized spacial score (nSPS) is 13.5. The van der Waals surface area contributed by atoms with E-state index in [9.17, 15) is 4.79 Å². The fourth-order valence-electron chi connectivity index (χ4n) is 4.32. The lowest BCUT2D eigenvalue weighted by Crippen LogP contribution is -2.19. The van der Waals surface area contributed by atoms with Gasteiger partial charge < -0.3 is 9.64 Å². The minimum absolute atomic E-state index is 0.238. The molecule has 1 N–H and O–H groups in total. The number of benzene rings is 4. The maximum atomic E-state index is 12.5. The number of hydrazone groups is 1. The number of hydrogen-bond acceptors (Lipinski definition) is 4. The Hall–Kier alpha value is -4.12. The van der Waals surface area contributed by atoms with Gasteiger partial charge in [-0.05, 0) is 65.6 Å². The number of rotatable bonds is 7. The largest absolute Gasteiger partial charge is 0.488 e. The highest BCUT2D eigenvalue weighted by Crippen LogP contribution is 2.23. The van der Waals surface area contributed by atoms with Gasteiger partial charge in [0.1, 0.15) is 12.4 Å². The van der Waals surface area contributed by atoms with Crippen LogP contribution in [-0.2, 0) is 6.61 Å². The molecule has 0 spiro atoms. The summed E-state index contributed by atoms with van der Waals surface area (Å²) in [6, 6.07) is 29.9. The highest BCUT2D eigenvalue weighted by Gasteiger charge is 2.13. The maximum absolute atomic E-state index is 12.5. The van der Waals surface area contributed by atoms with Crippen LogP contribution in [0.2, 0.25) is 0 Å². The van der Waals surface area contributed by atoms with E-state index in [4.69, 9.17) is 4.74 Å². The predicted molar refractivity (Wildman–Crippen MR) is 138 cm³/mol. The second kappa shape index (κ2) is 10.2. The molecule has 0 radical (unpaired) electrons. The van der Waals surface area contributed by atoms with Gasteiger partial charge in [0, 0.05) is 29.9 Å². The molecule has 1 fully saturated rings. The van der Waals surface area contributed by atoms with Crippen LogP contribution in [0.4, 0.5) is 5.69 Å². The number of nitrogens with one attached hydrogen (secondary N) is 1. The minimum Gasteiger partial charge on any atom is -0.488 e. The Morgan fingerprint density at radius 3 is 2.47 bits per heavy atom. The summed E-state index contributed by atoms with van der Waals surface area (Å²) in [4.78, 5) is 14.9. The van der Waals surface area contributed by atoms with Crippen molar-refractivity contribution in [1.29, 1.82) is 0 Å². The SMILES string of the molecule is O=C(N/N=C\c1ccccc1OCc1cccc2ccccc12)c1ccc(N2CCCC2)cc1. The fourth-order valence-corrected chi connectivity index (χ4v) is 4.32. The van der Waals surface area contributed by atoms with E-state index in [-0.39, 0.29) is 5.91 Å². The quantitative estimate of drug-likeness (QED) is 0.287. The Balaban J connectivity index is 1.23. The third-order valence-electron chi connectivity index (χ3n) is 6.15. The minimum atomic E-state index is -0.238. The zero-order valence-corrected chi connectivity index (χ0v) is 19.0. The molecule has 0 aromatic heterocycles. The van der Waals surface area contributed by atoms with Crippen molar-refractivity contribution in [1.82, 2.24) is 5.43 Å². The van der Waals surface area contributed by atoms with Gasteiger partial charge in [-0.1, -0.05) is 54.6 Å². The van der Waals surface area contributed by atoms with Crippen molar-refractivity contribution in [3.05, 3.63) is 108 Å². The molecule has 0 unspecified atom stereocenters. The van der Waals surface area contributed by atoms with Gasteiger partial charge in [0.05, 0.1) is 6.21 Å². The number of para-hydroxylation sites is 1. The van der Waals surface area contributed by atoms with Crippen molar-refractivity contribution in [3.63, 3.8) is 0 Å². The lowest BCUT2D eigenvalue weighted by atomic mass is 10.1. The van der Waals surface area contributed by atoms with Crippen molar-refractivity contribution in [2.75, 3.05) is 18.0 Å². The maximum Gasteiger partial charge on any atom is 0.271 e. The molecule has 5 rings (SSSR count). The van der Waals surface area contributed by atoms with E-state index in [0.29, 0.717) is 17.9 Å². The van der Waals surface area contributed by atoms with Gasteiger partial charge in [0.25, 0.3) is 5.91 Å². The van der Waals surface area contributed by atoms with Crippen molar-refractivity contribution < 1.29 is 9.53 Å². The molecule has 4 aromatic carbocycles. The van der Waals surface area contributed by atoms with E-state index in [2.05, 4.69) is 39.7 Å². The van der Waals surface area contributed by atoms with Gasteiger partial charge in [-0.2, -0.15) is 5.10 Å².